The van der Waals surface area contributed by atoms with Crippen molar-refractivity contribution in [3.05, 3.63) is 108 Å². The summed E-state index contributed by atoms with van der Waals surface area (Å²) in [5.41, 5.74) is 6.84. The number of benzene rings is 1. The Hall–Kier alpha value is -3.07. The van der Waals surface area contributed by atoms with E-state index in [1.807, 2.05) is 12.5 Å². The van der Waals surface area contributed by atoms with E-state index in [9.17, 15) is 0 Å². The van der Waals surface area contributed by atoms with E-state index >= 15 is 0 Å². The highest BCUT2D eigenvalue weighted by atomic mass is 15.1. The van der Waals surface area contributed by atoms with Crippen molar-refractivity contribution in [2.45, 2.75) is 53.5 Å². The van der Waals surface area contributed by atoms with Crippen LogP contribution in [0.25, 0.3) is 0 Å². The normalized spacial score (nSPS) is 19.6. The fourth-order valence-electron chi connectivity index (χ4n) is 4.50. The van der Waals surface area contributed by atoms with E-state index in [1.54, 1.807) is 0 Å². The molecule has 1 atom stereocenters. The molecule has 1 aliphatic carbocycles. The van der Waals surface area contributed by atoms with Gasteiger partial charge in [-0.2, -0.15) is 0 Å². The van der Waals surface area contributed by atoms with Gasteiger partial charge in [0.1, 0.15) is 0 Å². The molecule has 0 amide bonds. The summed E-state index contributed by atoms with van der Waals surface area (Å²) >= 11 is 0. The van der Waals surface area contributed by atoms with Gasteiger partial charge in [-0.1, -0.05) is 79.6 Å². The first-order valence-electron chi connectivity index (χ1n) is 11.9. The standard InChI is InChI=1S/C30H39N3/c1-24(11-10-12-25(2)18-21-32(6)27-13-8-7-9-14-27)15-16-28-26(3)29(17-19-30(28,4)5)33-22-20-31-23-33/h7-16,18,20,22-23,29H,17,19,21H2,1-6H3/b12-10+,16-15+,24-11+,25-18-. The van der Waals surface area contributed by atoms with Crippen molar-refractivity contribution < 1.29 is 0 Å². The summed E-state index contributed by atoms with van der Waals surface area (Å²) in [6.07, 6.45) is 21.6. The monoisotopic (exact) mass is 441 g/mol. The van der Waals surface area contributed by atoms with Crippen LogP contribution in [0.15, 0.2) is 108 Å². The van der Waals surface area contributed by atoms with E-state index in [0.29, 0.717) is 6.04 Å². The van der Waals surface area contributed by atoms with Gasteiger partial charge in [-0.15, -0.1) is 0 Å². The molecule has 3 heteroatoms. The summed E-state index contributed by atoms with van der Waals surface area (Å²) in [4.78, 5) is 6.50. The van der Waals surface area contributed by atoms with Gasteiger partial charge in [0.05, 0.1) is 12.4 Å². The SMILES string of the molecule is CC1=C(/C=C/C(C)=C/C=C/C(C)=C\CN(C)c2ccccc2)C(C)(C)CCC1n1ccnc1. The van der Waals surface area contributed by atoms with Gasteiger partial charge in [-0.3, -0.25) is 0 Å². The molecule has 3 rings (SSSR count). The number of anilines is 1. The molecule has 0 saturated carbocycles. The predicted molar refractivity (Wildman–Crippen MR) is 142 cm³/mol. The molecule has 0 fully saturated rings. The Morgan fingerprint density at radius 3 is 2.61 bits per heavy atom. The number of nitrogens with zero attached hydrogens (tertiary/aromatic N) is 3. The summed E-state index contributed by atoms with van der Waals surface area (Å²) < 4.78 is 2.24. The summed E-state index contributed by atoms with van der Waals surface area (Å²) in [6, 6.07) is 10.9. The Bertz CT molecular complexity index is 1050. The number of allylic oxidation sites excluding steroid dienone is 9. The van der Waals surface area contributed by atoms with E-state index in [0.717, 1.165) is 13.0 Å². The molecule has 0 N–H and O–H groups in total. The largest absolute Gasteiger partial charge is 0.371 e. The lowest BCUT2D eigenvalue weighted by Crippen LogP contribution is -2.25. The zero-order valence-electron chi connectivity index (χ0n) is 21.1. The smallest absolute Gasteiger partial charge is 0.0951 e. The van der Waals surface area contributed by atoms with Crippen LogP contribution in [0.4, 0.5) is 5.69 Å². The maximum Gasteiger partial charge on any atom is 0.0951 e. The van der Waals surface area contributed by atoms with E-state index in [2.05, 4.69) is 129 Å². The molecule has 0 saturated heterocycles. The minimum atomic E-state index is 0.192. The Labute approximate surface area is 200 Å². The van der Waals surface area contributed by atoms with Crippen LogP contribution in [0.2, 0.25) is 0 Å². The zero-order valence-corrected chi connectivity index (χ0v) is 21.1. The second-order valence-corrected chi connectivity index (χ2v) is 9.81. The number of aromatic nitrogens is 2. The third-order valence-corrected chi connectivity index (χ3v) is 6.70. The van der Waals surface area contributed by atoms with Crippen LogP contribution in [-0.2, 0) is 0 Å². The molecule has 0 bridgehead atoms. The molecule has 1 aromatic carbocycles. The van der Waals surface area contributed by atoms with Crippen LogP contribution in [-0.4, -0.2) is 23.1 Å². The van der Waals surface area contributed by atoms with Crippen molar-refractivity contribution in [2.24, 2.45) is 5.41 Å². The van der Waals surface area contributed by atoms with Gasteiger partial charge in [0, 0.05) is 31.7 Å². The third kappa shape index (κ3) is 6.71. The number of hydrogen-bond donors (Lipinski definition) is 0. The maximum absolute atomic E-state index is 4.25. The fraction of sp³-hybridized carbons (Fsp3) is 0.367. The molecule has 2 aromatic rings. The summed E-state index contributed by atoms with van der Waals surface area (Å²) in [6.45, 7) is 12.2. The van der Waals surface area contributed by atoms with Gasteiger partial charge in [0.25, 0.3) is 0 Å². The topological polar surface area (TPSA) is 21.1 Å². The molecular formula is C30H39N3. The van der Waals surface area contributed by atoms with Gasteiger partial charge >= 0.3 is 0 Å². The molecule has 0 spiro atoms. The lowest BCUT2D eigenvalue weighted by molar-refractivity contribution is 0.327. The van der Waals surface area contributed by atoms with Crippen LogP contribution < -0.4 is 4.90 Å². The Balaban J connectivity index is 1.64. The van der Waals surface area contributed by atoms with Gasteiger partial charge < -0.3 is 9.47 Å². The highest BCUT2D eigenvalue weighted by Crippen LogP contribution is 2.45. The second kappa shape index (κ2) is 11.2. The number of likely N-dealkylation sites (N-methyl/N-ethyl adjacent to an activating group) is 1. The predicted octanol–water partition coefficient (Wildman–Crippen LogP) is 7.70. The molecule has 33 heavy (non-hydrogen) atoms. The van der Waals surface area contributed by atoms with E-state index in [-0.39, 0.29) is 5.41 Å². The van der Waals surface area contributed by atoms with Crippen molar-refractivity contribution in [1.29, 1.82) is 0 Å². The highest BCUT2D eigenvalue weighted by Gasteiger charge is 2.32. The average Bonchev–Trinajstić information content (AvgIpc) is 3.32. The van der Waals surface area contributed by atoms with Gasteiger partial charge in [-0.05, 0) is 62.3 Å². The van der Waals surface area contributed by atoms with Gasteiger partial charge in [0.15, 0.2) is 0 Å². The molecule has 1 aliphatic rings. The second-order valence-electron chi connectivity index (χ2n) is 9.81. The molecule has 0 aliphatic heterocycles. The molecule has 174 valence electrons. The van der Waals surface area contributed by atoms with Crippen molar-refractivity contribution in [3.63, 3.8) is 0 Å². The van der Waals surface area contributed by atoms with Crippen LogP contribution >= 0.6 is 0 Å². The van der Waals surface area contributed by atoms with Gasteiger partial charge in [0.2, 0.25) is 0 Å². The van der Waals surface area contributed by atoms with E-state index in [4.69, 9.17) is 0 Å². The first kappa shape index (κ1) is 24.6. The average molecular weight is 442 g/mol. The minimum Gasteiger partial charge on any atom is -0.371 e. The zero-order chi connectivity index (χ0) is 23.8. The molecule has 0 radical (unpaired) electrons. The number of rotatable bonds is 8. The van der Waals surface area contributed by atoms with E-state index < -0.39 is 0 Å². The summed E-state index contributed by atoms with van der Waals surface area (Å²) in [7, 11) is 2.12. The molecular weight excluding hydrogens is 402 g/mol. The highest BCUT2D eigenvalue weighted by molar-refractivity contribution is 5.46. The van der Waals surface area contributed by atoms with E-state index in [1.165, 1.54) is 34.4 Å². The van der Waals surface area contributed by atoms with Crippen molar-refractivity contribution >= 4 is 5.69 Å². The first-order valence-corrected chi connectivity index (χ1v) is 11.9. The van der Waals surface area contributed by atoms with Crippen LogP contribution in [0, 0.1) is 5.41 Å². The van der Waals surface area contributed by atoms with Crippen LogP contribution in [0.5, 0.6) is 0 Å². The Kier molecular flexibility index (Phi) is 8.32. The molecule has 3 nitrogen and oxygen atoms in total. The molecule has 1 aromatic heterocycles. The summed E-state index contributed by atoms with van der Waals surface area (Å²) in [5, 5.41) is 0. The Morgan fingerprint density at radius 1 is 1.15 bits per heavy atom. The molecule has 1 unspecified atom stereocenters. The maximum atomic E-state index is 4.25. The fourth-order valence-corrected chi connectivity index (χ4v) is 4.50. The first-order chi connectivity index (χ1) is 15.8. The quantitative estimate of drug-likeness (QED) is 0.391. The van der Waals surface area contributed by atoms with Gasteiger partial charge in [-0.25, -0.2) is 4.98 Å². The summed E-state index contributed by atoms with van der Waals surface area (Å²) in [5.74, 6) is 0. The molecule has 1 heterocycles. The number of para-hydroxylation sites is 1. The van der Waals surface area contributed by atoms with Crippen molar-refractivity contribution in [3.8, 4) is 0 Å². The third-order valence-electron chi connectivity index (χ3n) is 6.70. The lowest BCUT2D eigenvalue weighted by Gasteiger charge is -2.37. The Morgan fingerprint density at radius 2 is 1.91 bits per heavy atom. The minimum absolute atomic E-state index is 0.192. The van der Waals surface area contributed by atoms with Crippen LogP contribution in [0.1, 0.15) is 53.5 Å². The van der Waals surface area contributed by atoms with Crippen molar-refractivity contribution in [1.82, 2.24) is 9.55 Å². The number of hydrogen-bond acceptors (Lipinski definition) is 2. The lowest BCUT2D eigenvalue weighted by atomic mass is 9.71. The number of imidazole rings is 1. The van der Waals surface area contributed by atoms with Crippen LogP contribution in [0.3, 0.4) is 0 Å². The van der Waals surface area contributed by atoms with Crippen molar-refractivity contribution in [2.75, 3.05) is 18.5 Å².